The van der Waals surface area contributed by atoms with Crippen LogP contribution in [-0.4, -0.2) is 180 Å². The lowest BCUT2D eigenvalue weighted by atomic mass is 10.1. The number of aliphatic hydroxyl groups excluding tert-OH is 3. The fourth-order valence-corrected chi connectivity index (χ4v) is 12.4. The fourth-order valence-electron chi connectivity index (χ4n) is 7.90. The van der Waals surface area contributed by atoms with E-state index in [2.05, 4.69) is 43.8 Å². The van der Waals surface area contributed by atoms with Crippen LogP contribution in [0.2, 0.25) is 0 Å². The van der Waals surface area contributed by atoms with E-state index < -0.39 is 142 Å². The molecule has 16 atom stereocenters. The number of nitrogens with zero attached hydrogens (tertiary/aromatic N) is 8. The summed E-state index contributed by atoms with van der Waals surface area (Å²) in [5, 5.41) is 35.0. The largest absolute Gasteiger partial charge is 0.490 e. The number of ether oxygens (including phenoxy) is 5. The number of nitrogen functional groups attached to an aromatic ring is 1. The van der Waals surface area contributed by atoms with Gasteiger partial charge in [0.15, 0.2) is 41.3 Å². The molecular weight excluding hydrogens is 1080 g/mol. The number of nitrogens with two attached hydrogens (primary N) is 1. The zero-order chi connectivity index (χ0) is 52.9. The summed E-state index contributed by atoms with van der Waals surface area (Å²) in [5.74, 6) is -0.0574. The molecule has 0 aromatic carbocycles. The van der Waals surface area contributed by atoms with E-state index in [1.807, 2.05) is 4.98 Å². The molecule has 3 fully saturated rings. The number of methoxy groups -OCH3 is 2. The molecule has 0 radical (unpaired) electrons. The van der Waals surface area contributed by atoms with Gasteiger partial charge >= 0.3 is 37.0 Å². The number of hydrogen-bond donors (Lipinski definition) is 11. The minimum Gasteiger partial charge on any atom is -0.387 e. The minimum absolute atomic E-state index is 0.0863. The molecule has 3 aliphatic heterocycles. The summed E-state index contributed by atoms with van der Waals surface area (Å²) in [6.07, 6.45) is -15.0. The molecule has 12 N–H and O–H groups in total. The van der Waals surface area contributed by atoms with Crippen LogP contribution in [0.25, 0.3) is 22.3 Å². The summed E-state index contributed by atoms with van der Waals surface area (Å²) in [6, 6.07) is 0.927. The summed E-state index contributed by atoms with van der Waals surface area (Å²) in [6.45, 7) is -3.28. The first-order valence-corrected chi connectivity index (χ1v) is 26.6. The maximum absolute atomic E-state index is 13.6. The van der Waals surface area contributed by atoms with E-state index >= 15 is 0 Å². The molecule has 73 heavy (non-hydrogen) atoms. The zero-order valence-electron chi connectivity index (χ0n) is 37.4. The Bertz CT molecular complexity index is 3210. The van der Waals surface area contributed by atoms with Gasteiger partial charge in [0.25, 0.3) is 11.1 Å². The first kappa shape index (κ1) is 54.6. The highest BCUT2D eigenvalue weighted by atomic mass is 31.3. The van der Waals surface area contributed by atoms with Crippen molar-refractivity contribution in [2.75, 3.05) is 52.1 Å². The lowest BCUT2D eigenvalue weighted by Crippen LogP contribution is -2.38. The summed E-state index contributed by atoms with van der Waals surface area (Å²) >= 11 is 0. The van der Waals surface area contributed by atoms with Crippen molar-refractivity contribution in [2.24, 2.45) is 0 Å². The van der Waals surface area contributed by atoms with Gasteiger partial charge in [0.05, 0.1) is 32.5 Å². The van der Waals surface area contributed by atoms with Gasteiger partial charge in [-0.3, -0.25) is 51.4 Å². The number of phosphoric ester groups is 3. The third kappa shape index (κ3) is 11.6. The van der Waals surface area contributed by atoms with Gasteiger partial charge in [0, 0.05) is 33.5 Å². The number of fused-ring (bicyclic) bond motifs is 2. The molecule has 402 valence electrons. The second-order valence-electron chi connectivity index (χ2n) is 15.7. The number of aromatic amines is 2. The monoisotopic (exact) mass is 1120 g/mol. The maximum atomic E-state index is 13.6. The first-order chi connectivity index (χ1) is 34.3. The molecule has 41 heteroatoms. The number of H-pyrrole nitrogens is 2. The molecule has 8 rings (SSSR count). The summed E-state index contributed by atoms with van der Waals surface area (Å²) in [4.78, 5) is 103. The first-order valence-electron chi connectivity index (χ1n) is 20.7. The fraction of sp³-hybridized carbons (Fsp3) is 0.562. The molecule has 3 aliphatic rings. The predicted octanol–water partition coefficient (Wildman–Crippen LogP) is -3.19. The van der Waals surface area contributed by atoms with Crippen molar-refractivity contribution in [3.05, 3.63) is 62.4 Å². The van der Waals surface area contributed by atoms with Crippen LogP contribution in [0.1, 0.15) is 18.7 Å². The van der Waals surface area contributed by atoms with E-state index in [0.29, 0.717) is 0 Å². The van der Waals surface area contributed by atoms with E-state index in [1.165, 1.54) is 17.9 Å². The third-order valence-corrected chi connectivity index (χ3v) is 16.3. The van der Waals surface area contributed by atoms with E-state index in [-0.39, 0.29) is 34.1 Å². The molecule has 3 saturated heterocycles. The van der Waals surface area contributed by atoms with Crippen molar-refractivity contribution < 1.29 is 104 Å². The molecular formula is C32H44N12O25P4. The third-order valence-electron chi connectivity index (χ3n) is 11.1. The number of anilines is 2. The van der Waals surface area contributed by atoms with Crippen molar-refractivity contribution in [3.8, 4) is 0 Å². The Morgan fingerprint density at radius 2 is 1.23 bits per heavy atom. The Labute approximate surface area is 405 Å². The quantitative estimate of drug-likeness (QED) is 0.0323. The minimum atomic E-state index is -6.17. The molecule has 5 aromatic rings. The van der Waals surface area contributed by atoms with Gasteiger partial charge in [0.1, 0.15) is 66.8 Å². The average Bonchev–Trinajstić information content (AvgIpc) is 4.13. The topological polar surface area (TPSA) is 512 Å². The molecule has 0 saturated carbocycles. The van der Waals surface area contributed by atoms with Gasteiger partial charge in [0.2, 0.25) is 5.95 Å². The number of hydrogen-bond acceptors (Lipinski definition) is 28. The molecule has 0 amide bonds. The van der Waals surface area contributed by atoms with E-state index in [1.54, 1.807) is 0 Å². The Morgan fingerprint density at radius 3 is 1.86 bits per heavy atom. The van der Waals surface area contributed by atoms with Gasteiger partial charge < -0.3 is 69.6 Å². The Hall–Kier alpha value is -4.62. The van der Waals surface area contributed by atoms with Crippen LogP contribution < -0.4 is 27.9 Å². The molecule has 37 nitrogen and oxygen atoms in total. The Balaban J connectivity index is 0.940. The van der Waals surface area contributed by atoms with Crippen LogP contribution in [0.4, 0.5) is 11.8 Å². The normalized spacial score (nSPS) is 30.8. The lowest BCUT2D eigenvalue weighted by molar-refractivity contribution is -0.0610. The van der Waals surface area contributed by atoms with E-state index in [4.69, 9.17) is 47.5 Å². The number of rotatable bonds is 21. The Kier molecular flexibility index (Phi) is 15.9. The van der Waals surface area contributed by atoms with Crippen LogP contribution in [0, 0.1) is 0 Å². The van der Waals surface area contributed by atoms with Crippen LogP contribution in [-0.2, 0) is 68.7 Å². The second-order valence-corrected chi connectivity index (χ2v) is 21.7. The highest BCUT2D eigenvalue weighted by molar-refractivity contribution is 7.66. The second kappa shape index (κ2) is 21.2. The van der Waals surface area contributed by atoms with Crippen molar-refractivity contribution in [3.63, 3.8) is 0 Å². The highest BCUT2D eigenvalue weighted by Gasteiger charge is 2.53. The standard InChI is InChI=1S/C32H44N12O25P4/c1-34-24-16-25(36-9-35-24)43(10-37-16)30-23(60-3)22(67-70(51,52)61-6-12-18(46)19(47)28(64-12)42-5-4-15(45)39-32(42)50)14(66-30)8-63-72(55,56)69-73(57,58)68-71(53,54)62-7-13-21(59-2)20(48)29(65-13)44-11-38-17-26(44)40-31(33)41-27(17)49/h4-5,9-14,18-23,28-30,46-48H,6-8H2,1-3H3,(H,51,52)(H,53,54)(H,55,56)(H,57,58)(H,34,35,36)(H,39,45,50)(H3,33,40,41,49). The molecule has 0 bridgehead atoms. The lowest BCUT2D eigenvalue weighted by Gasteiger charge is -2.26. The van der Waals surface area contributed by atoms with Gasteiger partial charge in [-0.05, 0) is 0 Å². The van der Waals surface area contributed by atoms with Crippen molar-refractivity contribution in [1.29, 1.82) is 0 Å². The molecule has 0 aliphatic carbocycles. The summed E-state index contributed by atoms with van der Waals surface area (Å²) < 4.78 is 113. The van der Waals surface area contributed by atoms with Crippen LogP contribution in [0.5, 0.6) is 0 Å². The van der Waals surface area contributed by atoms with Gasteiger partial charge in [-0.2, -0.15) is 13.6 Å². The van der Waals surface area contributed by atoms with Gasteiger partial charge in [-0.1, -0.05) is 0 Å². The van der Waals surface area contributed by atoms with Gasteiger partial charge in [-0.15, -0.1) is 0 Å². The summed E-state index contributed by atoms with van der Waals surface area (Å²) in [5.41, 5.74) is 3.06. The number of aliphatic hydroxyl groups is 3. The van der Waals surface area contributed by atoms with Crippen molar-refractivity contribution in [1.82, 2.24) is 48.6 Å². The average molecular weight is 1120 g/mol. The highest BCUT2D eigenvalue weighted by Crippen LogP contribution is 2.68. The predicted molar refractivity (Wildman–Crippen MR) is 234 cm³/mol. The molecule has 0 spiro atoms. The number of nitrogens with one attached hydrogen (secondary N) is 3. The van der Waals surface area contributed by atoms with Gasteiger partial charge in [-0.25, -0.2) is 43.0 Å². The van der Waals surface area contributed by atoms with Crippen molar-refractivity contribution in [2.45, 2.75) is 73.6 Å². The number of phosphoric acid groups is 4. The van der Waals surface area contributed by atoms with E-state index in [9.17, 15) is 67.5 Å². The number of aromatic nitrogens is 10. The smallest absolute Gasteiger partial charge is 0.387 e. The maximum Gasteiger partial charge on any atom is 0.490 e. The van der Waals surface area contributed by atoms with Crippen LogP contribution in [0.15, 0.2) is 45.6 Å². The summed E-state index contributed by atoms with van der Waals surface area (Å²) in [7, 11) is -19.6. The zero-order valence-corrected chi connectivity index (χ0v) is 40.9. The van der Waals surface area contributed by atoms with E-state index in [0.717, 1.165) is 48.3 Å². The molecule has 16 unspecified atom stereocenters. The van der Waals surface area contributed by atoms with Crippen molar-refractivity contribution >= 4 is 65.4 Å². The SMILES string of the molecule is CNc1ncnc2c1ncn2C1OC(COP(=O)(O)OP(=O)(O)OP(=O)(O)OCC2OC(n3cnc4c(=O)[nH]c(N)nc43)C(O)C2OC)C(OP(=O)(O)OCC2OC(n3ccc(=O)[nH]c3=O)C(O)C2O)C1OC. The number of imidazole rings is 2. The molecule has 5 aromatic heterocycles. The molecule has 8 heterocycles. The van der Waals surface area contributed by atoms with Crippen LogP contribution >= 0.6 is 31.3 Å². The Morgan fingerprint density at radius 1 is 0.671 bits per heavy atom. The van der Waals surface area contributed by atoms with Crippen LogP contribution in [0.3, 0.4) is 0 Å².